The molecule has 0 saturated carbocycles. The lowest BCUT2D eigenvalue weighted by Gasteiger charge is -2.21. The molecule has 2 aromatic rings. The van der Waals surface area contributed by atoms with Gasteiger partial charge in [-0.2, -0.15) is 0 Å². The van der Waals surface area contributed by atoms with E-state index in [2.05, 4.69) is 4.98 Å². The molecule has 1 aromatic heterocycles. The average Bonchev–Trinajstić information content (AvgIpc) is 2.58. The molecule has 2 N–H and O–H groups in total. The number of aliphatic hydroxyl groups is 1. The summed E-state index contributed by atoms with van der Waals surface area (Å²) in [5.74, 6) is 0.669. The zero-order valence-electron chi connectivity index (χ0n) is 12.8. The summed E-state index contributed by atoms with van der Waals surface area (Å²) in [7, 11) is 0. The van der Waals surface area contributed by atoms with Gasteiger partial charge in [0, 0.05) is 11.3 Å². The van der Waals surface area contributed by atoms with Crippen molar-refractivity contribution in [2.45, 2.75) is 38.3 Å². The second-order valence-electron chi connectivity index (χ2n) is 5.78. The number of aliphatic hydroxyl groups excluding tert-OH is 1. The smallest absolute Gasteiger partial charge is 0.328 e. The maximum absolute atomic E-state index is 12.1. The predicted molar refractivity (Wildman–Crippen MR) is 85.9 cm³/mol. The first-order valence-electron chi connectivity index (χ1n) is 7.86. The predicted octanol–water partition coefficient (Wildman–Crippen LogP) is 0.855. The van der Waals surface area contributed by atoms with Crippen LogP contribution in [-0.2, 0) is 19.4 Å². The van der Waals surface area contributed by atoms with E-state index in [1.165, 1.54) is 4.57 Å². The Kier molecular flexibility index (Phi) is 4.62. The van der Waals surface area contributed by atoms with Crippen molar-refractivity contribution in [3.8, 4) is 5.75 Å². The molecule has 3 rings (SSSR count). The Morgan fingerprint density at radius 3 is 2.70 bits per heavy atom. The number of H-pyrrole nitrogens is 1. The Bertz CT molecular complexity index is 779. The molecule has 6 nitrogen and oxygen atoms in total. The van der Waals surface area contributed by atoms with E-state index in [0.717, 1.165) is 18.5 Å². The highest BCUT2D eigenvalue weighted by Gasteiger charge is 2.20. The van der Waals surface area contributed by atoms with Crippen LogP contribution in [0.25, 0.3) is 0 Å². The van der Waals surface area contributed by atoms with E-state index >= 15 is 0 Å². The lowest BCUT2D eigenvalue weighted by molar-refractivity contribution is 0.0901. The first kappa shape index (κ1) is 15.6. The lowest BCUT2D eigenvalue weighted by atomic mass is 9.97. The highest BCUT2D eigenvalue weighted by molar-refractivity contribution is 5.21. The molecule has 1 atom stereocenters. The number of nitrogens with one attached hydrogen (secondary N) is 1. The third kappa shape index (κ3) is 3.53. The van der Waals surface area contributed by atoms with Crippen molar-refractivity contribution in [2.75, 3.05) is 6.61 Å². The number of aromatic nitrogens is 2. The van der Waals surface area contributed by atoms with Gasteiger partial charge in [-0.25, -0.2) is 4.79 Å². The number of benzene rings is 1. The monoisotopic (exact) mass is 316 g/mol. The Labute approximate surface area is 133 Å². The van der Waals surface area contributed by atoms with E-state index < -0.39 is 11.8 Å². The van der Waals surface area contributed by atoms with Crippen molar-refractivity contribution in [1.82, 2.24) is 9.55 Å². The van der Waals surface area contributed by atoms with Gasteiger partial charge in [-0.15, -0.1) is 0 Å². The second-order valence-corrected chi connectivity index (χ2v) is 5.78. The first-order valence-corrected chi connectivity index (χ1v) is 7.86. The van der Waals surface area contributed by atoms with Crippen molar-refractivity contribution >= 4 is 0 Å². The number of para-hydroxylation sites is 1. The van der Waals surface area contributed by atoms with Gasteiger partial charge >= 0.3 is 5.69 Å². The largest absolute Gasteiger partial charge is 0.491 e. The molecule has 0 amide bonds. The van der Waals surface area contributed by atoms with Gasteiger partial charge in [-0.3, -0.25) is 14.3 Å². The van der Waals surface area contributed by atoms with Crippen LogP contribution in [0.15, 0.2) is 39.9 Å². The highest BCUT2D eigenvalue weighted by Crippen LogP contribution is 2.17. The van der Waals surface area contributed by atoms with Gasteiger partial charge in [0.15, 0.2) is 0 Å². The molecule has 0 aliphatic heterocycles. The zero-order valence-corrected chi connectivity index (χ0v) is 12.8. The fourth-order valence-electron chi connectivity index (χ4n) is 2.96. The molecular formula is C17H20N2O4. The normalized spacial score (nSPS) is 15.0. The van der Waals surface area contributed by atoms with Crippen LogP contribution < -0.4 is 16.0 Å². The van der Waals surface area contributed by atoms with Crippen molar-refractivity contribution in [1.29, 1.82) is 0 Å². The van der Waals surface area contributed by atoms with Crippen molar-refractivity contribution in [3.63, 3.8) is 0 Å². The summed E-state index contributed by atoms with van der Waals surface area (Å²) in [6.07, 6.45) is 2.45. The van der Waals surface area contributed by atoms with Crippen LogP contribution in [0.4, 0.5) is 0 Å². The van der Waals surface area contributed by atoms with Crippen LogP contribution in [0.3, 0.4) is 0 Å². The van der Waals surface area contributed by atoms with Crippen LogP contribution in [0.5, 0.6) is 5.75 Å². The average molecular weight is 316 g/mol. The molecule has 1 aliphatic rings. The Morgan fingerprint density at radius 2 is 1.91 bits per heavy atom. The quantitative estimate of drug-likeness (QED) is 0.857. The third-order valence-electron chi connectivity index (χ3n) is 4.08. The highest BCUT2D eigenvalue weighted by atomic mass is 16.5. The van der Waals surface area contributed by atoms with Gasteiger partial charge in [0.05, 0.1) is 6.54 Å². The van der Waals surface area contributed by atoms with E-state index in [9.17, 15) is 14.7 Å². The summed E-state index contributed by atoms with van der Waals surface area (Å²) in [6, 6.07) is 9.20. The standard InChI is InChI=1S/C17H20N2O4/c20-12(11-23-13-6-2-1-3-7-13)10-19-15-9-5-4-8-14(15)16(21)18-17(19)22/h1-3,6-7,12,20H,4-5,8-11H2,(H,18,21,22). The van der Waals surface area contributed by atoms with Gasteiger partial charge in [-0.05, 0) is 37.8 Å². The molecule has 6 heteroatoms. The molecule has 122 valence electrons. The SMILES string of the molecule is O=c1[nH]c(=O)n(CC(O)COc2ccccc2)c2c1CCCC2. The molecule has 23 heavy (non-hydrogen) atoms. The summed E-state index contributed by atoms with van der Waals surface area (Å²) in [4.78, 5) is 26.3. The topological polar surface area (TPSA) is 84.3 Å². The molecule has 0 saturated heterocycles. The summed E-state index contributed by atoms with van der Waals surface area (Å²) < 4.78 is 6.99. The number of hydrogen-bond acceptors (Lipinski definition) is 4. The number of ether oxygens (including phenoxy) is 1. The Morgan fingerprint density at radius 1 is 1.17 bits per heavy atom. The van der Waals surface area contributed by atoms with Gasteiger partial charge in [0.1, 0.15) is 18.5 Å². The molecule has 1 aromatic carbocycles. The van der Waals surface area contributed by atoms with E-state index in [0.29, 0.717) is 24.2 Å². The maximum atomic E-state index is 12.1. The molecule has 1 unspecified atom stereocenters. The number of nitrogens with zero attached hydrogens (tertiary/aromatic N) is 1. The first-order chi connectivity index (χ1) is 11.1. The van der Waals surface area contributed by atoms with Crippen LogP contribution in [-0.4, -0.2) is 27.4 Å². The van der Waals surface area contributed by atoms with Crippen LogP contribution in [0.1, 0.15) is 24.1 Å². The fraction of sp³-hybridized carbons (Fsp3) is 0.412. The Hall–Kier alpha value is -2.34. The van der Waals surface area contributed by atoms with E-state index in [-0.39, 0.29) is 18.7 Å². The minimum absolute atomic E-state index is 0.0877. The fourth-order valence-corrected chi connectivity index (χ4v) is 2.96. The molecule has 0 bridgehead atoms. The minimum atomic E-state index is -0.829. The number of fused-ring (bicyclic) bond motifs is 1. The van der Waals surface area contributed by atoms with Crippen LogP contribution >= 0.6 is 0 Å². The molecular weight excluding hydrogens is 296 g/mol. The van der Waals surface area contributed by atoms with Crippen LogP contribution in [0.2, 0.25) is 0 Å². The summed E-state index contributed by atoms with van der Waals surface area (Å²) in [5.41, 5.74) is 0.668. The van der Waals surface area contributed by atoms with E-state index in [1.54, 1.807) is 12.1 Å². The molecule has 0 fully saturated rings. The van der Waals surface area contributed by atoms with Crippen molar-refractivity contribution in [3.05, 3.63) is 62.4 Å². The summed E-state index contributed by atoms with van der Waals surface area (Å²) >= 11 is 0. The zero-order chi connectivity index (χ0) is 16.2. The van der Waals surface area contributed by atoms with Gasteiger partial charge in [0.2, 0.25) is 0 Å². The Balaban J connectivity index is 1.75. The molecule has 0 radical (unpaired) electrons. The number of hydrogen-bond donors (Lipinski definition) is 2. The third-order valence-corrected chi connectivity index (χ3v) is 4.08. The lowest BCUT2D eigenvalue weighted by Crippen LogP contribution is -2.40. The van der Waals surface area contributed by atoms with Gasteiger partial charge in [0.25, 0.3) is 5.56 Å². The van der Waals surface area contributed by atoms with Gasteiger partial charge in [-0.1, -0.05) is 18.2 Å². The van der Waals surface area contributed by atoms with Crippen molar-refractivity contribution in [2.24, 2.45) is 0 Å². The van der Waals surface area contributed by atoms with Gasteiger partial charge < -0.3 is 9.84 Å². The second kappa shape index (κ2) is 6.83. The number of rotatable bonds is 5. The molecule has 1 aliphatic carbocycles. The minimum Gasteiger partial charge on any atom is -0.491 e. The summed E-state index contributed by atoms with van der Waals surface area (Å²) in [5, 5.41) is 10.2. The van der Waals surface area contributed by atoms with E-state index in [1.807, 2.05) is 18.2 Å². The molecule has 1 heterocycles. The number of aromatic amines is 1. The van der Waals surface area contributed by atoms with Crippen LogP contribution in [0, 0.1) is 0 Å². The summed E-state index contributed by atoms with van der Waals surface area (Å²) in [6.45, 7) is 0.204. The van der Waals surface area contributed by atoms with Crippen molar-refractivity contribution < 1.29 is 9.84 Å². The maximum Gasteiger partial charge on any atom is 0.328 e. The molecule has 0 spiro atoms. The van der Waals surface area contributed by atoms with E-state index in [4.69, 9.17) is 4.74 Å².